The number of nitrogens with one attached hydrogen (secondary N) is 1. The minimum absolute atomic E-state index is 0.367. The largest absolute Gasteiger partial charge is 0.397 e. The van der Waals surface area contributed by atoms with Crippen LogP contribution < -0.4 is 11.1 Å². The lowest BCUT2D eigenvalue weighted by molar-refractivity contribution is 0.801. The second-order valence-corrected chi connectivity index (χ2v) is 6.78. The highest BCUT2D eigenvalue weighted by Crippen LogP contribution is 2.25. The summed E-state index contributed by atoms with van der Waals surface area (Å²) in [7, 11) is 0. The highest BCUT2D eigenvalue weighted by atomic mass is 79.9. The molecule has 2 rings (SSSR count). The van der Waals surface area contributed by atoms with E-state index in [4.69, 9.17) is 5.73 Å². The molecule has 0 saturated carbocycles. The monoisotopic (exact) mass is 324 g/mol. The van der Waals surface area contributed by atoms with Gasteiger partial charge in [-0.15, -0.1) is 11.3 Å². The molecule has 1 unspecified atom stereocenters. The second-order valence-electron chi connectivity index (χ2n) is 4.49. The van der Waals surface area contributed by atoms with Gasteiger partial charge in [-0.3, -0.25) is 0 Å². The highest BCUT2D eigenvalue weighted by Gasteiger charge is 2.07. The predicted octanol–water partition coefficient (Wildman–Crippen LogP) is 4.44. The third-order valence-electron chi connectivity index (χ3n) is 2.72. The van der Waals surface area contributed by atoms with Crippen molar-refractivity contribution in [1.82, 2.24) is 0 Å². The van der Waals surface area contributed by atoms with Crippen molar-refractivity contribution in [2.75, 3.05) is 11.1 Å². The van der Waals surface area contributed by atoms with Gasteiger partial charge in [0.05, 0.1) is 11.4 Å². The lowest BCUT2D eigenvalue weighted by Crippen LogP contribution is -2.18. The van der Waals surface area contributed by atoms with E-state index in [0.29, 0.717) is 6.04 Å². The fourth-order valence-corrected chi connectivity index (χ4v) is 3.28. The molecular formula is C14H17BrN2S. The van der Waals surface area contributed by atoms with Crippen LogP contribution in [0, 0.1) is 6.92 Å². The Bertz CT molecular complexity index is 536. The Balaban J connectivity index is 2.00. The predicted molar refractivity (Wildman–Crippen MR) is 84.4 cm³/mol. The van der Waals surface area contributed by atoms with E-state index in [9.17, 15) is 0 Å². The minimum Gasteiger partial charge on any atom is -0.397 e. The van der Waals surface area contributed by atoms with E-state index in [0.717, 1.165) is 22.3 Å². The van der Waals surface area contributed by atoms with Crippen LogP contribution >= 0.6 is 27.3 Å². The first kappa shape index (κ1) is 13.4. The molecule has 0 aliphatic heterocycles. The Hall–Kier alpha value is -1.000. The molecule has 0 spiro atoms. The van der Waals surface area contributed by atoms with Crippen LogP contribution in [-0.2, 0) is 6.42 Å². The number of aryl methyl sites for hydroxylation is 1. The van der Waals surface area contributed by atoms with E-state index in [1.165, 1.54) is 9.75 Å². The Morgan fingerprint density at radius 2 is 2.11 bits per heavy atom. The Morgan fingerprint density at radius 3 is 2.72 bits per heavy atom. The summed E-state index contributed by atoms with van der Waals surface area (Å²) >= 11 is 5.27. The summed E-state index contributed by atoms with van der Waals surface area (Å²) in [6.07, 6.45) is 1.02. The fourth-order valence-electron chi connectivity index (χ4n) is 1.88. The van der Waals surface area contributed by atoms with Crippen molar-refractivity contribution in [1.29, 1.82) is 0 Å². The van der Waals surface area contributed by atoms with Crippen molar-refractivity contribution in [3.63, 3.8) is 0 Å². The van der Waals surface area contributed by atoms with Gasteiger partial charge in [0.1, 0.15) is 0 Å². The van der Waals surface area contributed by atoms with Crippen molar-refractivity contribution in [2.24, 2.45) is 0 Å². The van der Waals surface area contributed by atoms with Gasteiger partial charge in [-0.05, 0) is 44.2 Å². The summed E-state index contributed by atoms with van der Waals surface area (Å²) in [5.74, 6) is 0. The van der Waals surface area contributed by atoms with Gasteiger partial charge in [0.15, 0.2) is 0 Å². The van der Waals surface area contributed by atoms with Crippen molar-refractivity contribution in [2.45, 2.75) is 26.3 Å². The van der Waals surface area contributed by atoms with E-state index in [1.807, 2.05) is 29.5 Å². The molecule has 1 aromatic carbocycles. The number of nitrogens with two attached hydrogens (primary N) is 1. The smallest absolute Gasteiger partial charge is 0.0576 e. The summed E-state index contributed by atoms with van der Waals surface area (Å²) in [6.45, 7) is 4.31. The number of anilines is 2. The first-order chi connectivity index (χ1) is 8.54. The third-order valence-corrected chi connectivity index (χ3v) is 4.24. The molecule has 2 nitrogen and oxygen atoms in total. The molecular weight excluding hydrogens is 308 g/mol. The molecule has 1 aromatic heterocycles. The van der Waals surface area contributed by atoms with Crippen LogP contribution in [-0.4, -0.2) is 6.04 Å². The SMILES string of the molecule is Cc1ccc(CC(C)Nc2ccc(Br)cc2N)s1. The van der Waals surface area contributed by atoms with Gasteiger partial charge in [-0.1, -0.05) is 15.9 Å². The van der Waals surface area contributed by atoms with Gasteiger partial charge >= 0.3 is 0 Å². The average molecular weight is 325 g/mol. The van der Waals surface area contributed by atoms with Gasteiger partial charge in [0.25, 0.3) is 0 Å². The summed E-state index contributed by atoms with van der Waals surface area (Å²) in [5.41, 5.74) is 7.75. The number of nitrogen functional groups attached to an aromatic ring is 1. The number of hydrogen-bond acceptors (Lipinski definition) is 3. The van der Waals surface area contributed by atoms with Crippen LogP contribution in [0.2, 0.25) is 0 Å². The first-order valence-electron chi connectivity index (χ1n) is 5.91. The summed E-state index contributed by atoms with van der Waals surface area (Å²) in [5, 5.41) is 3.46. The van der Waals surface area contributed by atoms with Crippen LogP contribution in [0.3, 0.4) is 0 Å². The number of rotatable bonds is 4. The highest BCUT2D eigenvalue weighted by molar-refractivity contribution is 9.10. The maximum absolute atomic E-state index is 5.98. The van der Waals surface area contributed by atoms with Crippen LogP contribution in [0.4, 0.5) is 11.4 Å². The van der Waals surface area contributed by atoms with E-state index in [-0.39, 0.29) is 0 Å². The van der Waals surface area contributed by atoms with Crippen LogP contribution in [0.25, 0.3) is 0 Å². The molecule has 0 aliphatic rings. The molecule has 1 heterocycles. The van der Waals surface area contributed by atoms with Crippen molar-refractivity contribution >= 4 is 38.6 Å². The zero-order valence-electron chi connectivity index (χ0n) is 10.5. The summed E-state index contributed by atoms with van der Waals surface area (Å²) in [6, 6.07) is 10.7. The van der Waals surface area contributed by atoms with E-state index in [2.05, 4.69) is 47.2 Å². The summed E-state index contributed by atoms with van der Waals surface area (Å²) in [4.78, 5) is 2.77. The molecule has 0 bridgehead atoms. The molecule has 96 valence electrons. The van der Waals surface area contributed by atoms with E-state index in [1.54, 1.807) is 0 Å². The summed E-state index contributed by atoms with van der Waals surface area (Å²) < 4.78 is 1.01. The maximum Gasteiger partial charge on any atom is 0.0576 e. The van der Waals surface area contributed by atoms with Gasteiger partial charge in [0.2, 0.25) is 0 Å². The molecule has 0 fully saturated rings. The van der Waals surface area contributed by atoms with Crippen LogP contribution in [0.5, 0.6) is 0 Å². The fraction of sp³-hybridized carbons (Fsp3) is 0.286. The normalized spacial score (nSPS) is 12.4. The second kappa shape index (κ2) is 5.76. The molecule has 1 atom stereocenters. The number of halogens is 1. The van der Waals surface area contributed by atoms with E-state index < -0.39 is 0 Å². The van der Waals surface area contributed by atoms with Gasteiger partial charge < -0.3 is 11.1 Å². The third kappa shape index (κ3) is 3.50. The standard InChI is InChI=1S/C14H17BrN2S/c1-9(7-12-5-3-10(2)18-12)17-14-6-4-11(15)8-13(14)16/h3-6,8-9,17H,7,16H2,1-2H3. The molecule has 0 saturated heterocycles. The van der Waals surface area contributed by atoms with Crippen molar-refractivity contribution in [3.05, 3.63) is 44.6 Å². The Labute approximate surface area is 120 Å². The van der Waals surface area contributed by atoms with Crippen molar-refractivity contribution < 1.29 is 0 Å². The molecule has 2 aromatic rings. The van der Waals surface area contributed by atoms with Gasteiger partial charge in [0, 0.05) is 26.7 Å². The van der Waals surface area contributed by atoms with E-state index >= 15 is 0 Å². The molecule has 0 amide bonds. The zero-order valence-corrected chi connectivity index (χ0v) is 12.9. The number of hydrogen-bond donors (Lipinski definition) is 2. The number of thiophene rings is 1. The lowest BCUT2D eigenvalue weighted by Gasteiger charge is -2.16. The molecule has 3 N–H and O–H groups in total. The molecule has 4 heteroatoms. The zero-order chi connectivity index (χ0) is 13.1. The Morgan fingerprint density at radius 1 is 1.33 bits per heavy atom. The average Bonchev–Trinajstić information content (AvgIpc) is 2.68. The Kier molecular flexibility index (Phi) is 4.30. The van der Waals surface area contributed by atoms with Crippen LogP contribution in [0.15, 0.2) is 34.8 Å². The van der Waals surface area contributed by atoms with Crippen molar-refractivity contribution in [3.8, 4) is 0 Å². The van der Waals surface area contributed by atoms with Crippen LogP contribution in [0.1, 0.15) is 16.7 Å². The van der Waals surface area contributed by atoms with Gasteiger partial charge in [-0.2, -0.15) is 0 Å². The molecule has 0 radical (unpaired) electrons. The molecule has 18 heavy (non-hydrogen) atoms. The topological polar surface area (TPSA) is 38.0 Å². The quantitative estimate of drug-likeness (QED) is 0.815. The lowest BCUT2D eigenvalue weighted by atomic mass is 10.2. The maximum atomic E-state index is 5.98. The number of benzene rings is 1. The molecule has 0 aliphatic carbocycles. The first-order valence-corrected chi connectivity index (χ1v) is 7.52. The van der Waals surface area contributed by atoms with Gasteiger partial charge in [-0.25, -0.2) is 0 Å². The minimum atomic E-state index is 0.367.